The first-order valence-electron chi connectivity index (χ1n) is 8.63. The molecule has 140 valence electrons. The largest absolute Gasteiger partial charge is 0.465 e. The van der Waals surface area contributed by atoms with Crippen LogP contribution < -0.4 is 0 Å². The van der Waals surface area contributed by atoms with Crippen LogP contribution in [0.5, 0.6) is 0 Å². The Balaban J connectivity index is 1.86. The van der Waals surface area contributed by atoms with Gasteiger partial charge in [0.05, 0.1) is 17.7 Å². The quantitative estimate of drug-likeness (QED) is 0.383. The number of ether oxygens (including phenoxy) is 1. The molecular weight excluding hydrogens is 341 g/mol. The SMILES string of the molecule is CCOC(=O)C(CC(F)CCCN1C(=O)c2ccccc2C1=O)C(C)=O. The zero-order valence-electron chi connectivity index (χ0n) is 14.9. The minimum atomic E-state index is -1.40. The van der Waals surface area contributed by atoms with E-state index in [1.54, 1.807) is 31.2 Å². The molecule has 0 saturated carbocycles. The number of carbonyl (C=O) groups is 4. The van der Waals surface area contributed by atoms with Crippen LogP contribution in [0.1, 0.15) is 53.8 Å². The molecule has 0 radical (unpaired) electrons. The average molecular weight is 363 g/mol. The van der Waals surface area contributed by atoms with Crippen molar-refractivity contribution in [2.45, 2.75) is 39.3 Å². The van der Waals surface area contributed by atoms with E-state index in [2.05, 4.69) is 0 Å². The van der Waals surface area contributed by atoms with Crippen LogP contribution in [0.4, 0.5) is 4.39 Å². The van der Waals surface area contributed by atoms with Crippen LogP contribution in [0.15, 0.2) is 24.3 Å². The van der Waals surface area contributed by atoms with Crippen LogP contribution in [-0.4, -0.2) is 47.8 Å². The van der Waals surface area contributed by atoms with Crippen molar-refractivity contribution in [3.05, 3.63) is 35.4 Å². The summed E-state index contributed by atoms with van der Waals surface area (Å²) in [7, 11) is 0. The lowest BCUT2D eigenvalue weighted by Gasteiger charge is -2.17. The lowest BCUT2D eigenvalue weighted by atomic mass is 9.96. The highest BCUT2D eigenvalue weighted by atomic mass is 19.1. The van der Waals surface area contributed by atoms with E-state index >= 15 is 0 Å². The fraction of sp³-hybridized carbons (Fsp3) is 0.474. The molecule has 1 aromatic carbocycles. The second-order valence-electron chi connectivity index (χ2n) is 6.20. The zero-order chi connectivity index (χ0) is 19.3. The number of hydrogen-bond donors (Lipinski definition) is 0. The second-order valence-corrected chi connectivity index (χ2v) is 6.20. The number of benzene rings is 1. The van der Waals surface area contributed by atoms with Crippen LogP contribution in [0, 0.1) is 5.92 Å². The zero-order valence-corrected chi connectivity index (χ0v) is 14.9. The molecule has 2 amide bonds. The third kappa shape index (κ3) is 4.33. The lowest BCUT2D eigenvalue weighted by Crippen LogP contribution is -2.31. The van der Waals surface area contributed by atoms with E-state index in [1.165, 1.54) is 6.92 Å². The van der Waals surface area contributed by atoms with Gasteiger partial charge in [0, 0.05) is 6.54 Å². The number of amides is 2. The van der Waals surface area contributed by atoms with Gasteiger partial charge in [0.1, 0.15) is 17.9 Å². The third-order valence-corrected chi connectivity index (χ3v) is 4.33. The van der Waals surface area contributed by atoms with E-state index in [0.717, 1.165) is 4.90 Å². The van der Waals surface area contributed by atoms with E-state index in [1.807, 2.05) is 0 Å². The number of nitrogens with zero attached hydrogens (tertiary/aromatic N) is 1. The number of alkyl halides is 1. The van der Waals surface area contributed by atoms with Crippen LogP contribution in [0.3, 0.4) is 0 Å². The number of ketones is 1. The second kappa shape index (κ2) is 8.69. The summed E-state index contributed by atoms with van der Waals surface area (Å²) in [5.74, 6) is -3.04. The van der Waals surface area contributed by atoms with Crippen LogP contribution in [0.2, 0.25) is 0 Å². The highest BCUT2D eigenvalue weighted by Gasteiger charge is 2.35. The van der Waals surface area contributed by atoms with Gasteiger partial charge in [0.25, 0.3) is 11.8 Å². The molecule has 1 aliphatic heterocycles. The van der Waals surface area contributed by atoms with Crippen molar-refractivity contribution in [1.29, 1.82) is 0 Å². The molecule has 0 saturated heterocycles. The Hall–Kier alpha value is -2.57. The number of Topliss-reactive ketones (excluding diaryl/α,β-unsaturated/α-hetero) is 1. The van der Waals surface area contributed by atoms with E-state index < -0.39 is 23.8 Å². The summed E-state index contributed by atoms with van der Waals surface area (Å²) in [6, 6.07) is 6.54. The van der Waals surface area contributed by atoms with Gasteiger partial charge in [0.15, 0.2) is 0 Å². The van der Waals surface area contributed by atoms with Crippen LogP contribution in [0.25, 0.3) is 0 Å². The number of rotatable bonds is 9. The molecule has 1 heterocycles. The maximum atomic E-state index is 14.2. The predicted molar refractivity (Wildman–Crippen MR) is 91.4 cm³/mol. The molecule has 0 fully saturated rings. The van der Waals surface area contributed by atoms with E-state index in [-0.39, 0.29) is 44.2 Å². The van der Waals surface area contributed by atoms with Crippen molar-refractivity contribution in [3.63, 3.8) is 0 Å². The highest BCUT2D eigenvalue weighted by molar-refractivity contribution is 6.21. The number of hydrogen-bond acceptors (Lipinski definition) is 5. The molecule has 0 N–H and O–H groups in total. The fourth-order valence-corrected chi connectivity index (χ4v) is 2.96. The van der Waals surface area contributed by atoms with Gasteiger partial charge < -0.3 is 4.74 Å². The number of esters is 1. The normalized spacial score (nSPS) is 15.6. The van der Waals surface area contributed by atoms with Crippen molar-refractivity contribution < 1.29 is 28.3 Å². The molecule has 0 aliphatic carbocycles. The molecule has 7 heteroatoms. The maximum absolute atomic E-state index is 14.2. The monoisotopic (exact) mass is 363 g/mol. The minimum absolute atomic E-state index is 0.0383. The molecule has 2 unspecified atom stereocenters. The van der Waals surface area contributed by atoms with Crippen LogP contribution >= 0.6 is 0 Å². The first kappa shape index (κ1) is 19.8. The summed E-state index contributed by atoms with van der Waals surface area (Å²) in [6.07, 6.45) is -1.36. The van der Waals surface area contributed by atoms with Crippen molar-refractivity contribution in [2.75, 3.05) is 13.2 Å². The molecule has 1 aromatic rings. The topological polar surface area (TPSA) is 80.8 Å². The molecule has 6 nitrogen and oxygen atoms in total. The van der Waals surface area contributed by atoms with E-state index in [4.69, 9.17) is 4.74 Å². The van der Waals surface area contributed by atoms with E-state index in [9.17, 15) is 23.6 Å². The maximum Gasteiger partial charge on any atom is 0.316 e. The van der Waals surface area contributed by atoms with Gasteiger partial charge in [-0.3, -0.25) is 24.1 Å². The molecule has 0 bridgehead atoms. The summed E-state index contributed by atoms with van der Waals surface area (Å²) in [6.45, 7) is 3.06. The summed E-state index contributed by atoms with van der Waals surface area (Å²) >= 11 is 0. The van der Waals surface area contributed by atoms with Gasteiger partial charge in [-0.25, -0.2) is 4.39 Å². The lowest BCUT2D eigenvalue weighted by molar-refractivity contribution is -0.152. The van der Waals surface area contributed by atoms with Crippen molar-refractivity contribution >= 4 is 23.6 Å². The summed E-state index contributed by atoms with van der Waals surface area (Å²) in [5, 5.41) is 0. The molecule has 2 rings (SSSR count). The highest BCUT2D eigenvalue weighted by Crippen LogP contribution is 2.23. The molecular formula is C19H22FNO5. The predicted octanol–water partition coefficient (Wildman–Crippen LogP) is 2.56. The number of carbonyl (C=O) groups excluding carboxylic acids is 4. The molecule has 0 spiro atoms. The third-order valence-electron chi connectivity index (χ3n) is 4.33. The van der Waals surface area contributed by atoms with Gasteiger partial charge in [0.2, 0.25) is 0 Å². The molecule has 0 aromatic heterocycles. The Morgan fingerprint density at radius 3 is 2.23 bits per heavy atom. The standard InChI is InChI=1S/C19H22FNO5/c1-3-26-19(25)16(12(2)22)11-13(20)7-6-10-21-17(23)14-8-4-5-9-15(14)18(21)24/h4-5,8-9,13,16H,3,6-7,10-11H2,1-2H3. The smallest absolute Gasteiger partial charge is 0.316 e. The van der Waals surface area contributed by atoms with Crippen molar-refractivity contribution in [3.8, 4) is 0 Å². The number of fused-ring (bicyclic) bond motifs is 1. The number of halogens is 1. The van der Waals surface area contributed by atoms with Gasteiger partial charge in [-0.05, 0) is 45.2 Å². The Morgan fingerprint density at radius 1 is 1.15 bits per heavy atom. The summed E-state index contributed by atoms with van der Waals surface area (Å²) < 4.78 is 19.0. The summed E-state index contributed by atoms with van der Waals surface area (Å²) in [5.41, 5.74) is 0.710. The fourth-order valence-electron chi connectivity index (χ4n) is 2.96. The molecule has 2 atom stereocenters. The van der Waals surface area contributed by atoms with Gasteiger partial charge in [-0.1, -0.05) is 12.1 Å². The number of imide groups is 1. The Labute approximate surface area is 151 Å². The van der Waals surface area contributed by atoms with Crippen molar-refractivity contribution in [2.24, 2.45) is 5.92 Å². The Morgan fingerprint density at radius 2 is 1.73 bits per heavy atom. The Bertz CT molecular complexity index is 683. The molecule has 1 aliphatic rings. The summed E-state index contributed by atoms with van der Waals surface area (Å²) in [4.78, 5) is 48.8. The van der Waals surface area contributed by atoms with Crippen molar-refractivity contribution in [1.82, 2.24) is 4.90 Å². The van der Waals surface area contributed by atoms with Gasteiger partial charge >= 0.3 is 5.97 Å². The van der Waals surface area contributed by atoms with Crippen LogP contribution in [-0.2, 0) is 14.3 Å². The van der Waals surface area contributed by atoms with Gasteiger partial charge in [-0.15, -0.1) is 0 Å². The first-order valence-corrected chi connectivity index (χ1v) is 8.63. The minimum Gasteiger partial charge on any atom is -0.465 e. The van der Waals surface area contributed by atoms with E-state index in [0.29, 0.717) is 11.1 Å². The molecule has 26 heavy (non-hydrogen) atoms. The average Bonchev–Trinajstić information content (AvgIpc) is 2.85. The first-order chi connectivity index (χ1) is 12.4. The Kier molecular flexibility index (Phi) is 6.60. The van der Waals surface area contributed by atoms with Gasteiger partial charge in [-0.2, -0.15) is 0 Å².